The van der Waals surface area contributed by atoms with Crippen molar-refractivity contribution in [2.75, 3.05) is 0 Å². The molecule has 0 heterocycles. The molecule has 0 amide bonds. The third kappa shape index (κ3) is 3.61. The number of nitrogens with zero attached hydrogens (tertiary/aromatic N) is 1. The molecular weight excluding hydrogens is 451 g/mol. The van der Waals surface area contributed by atoms with Gasteiger partial charge in [0.2, 0.25) is 0 Å². The summed E-state index contributed by atoms with van der Waals surface area (Å²) in [5, 5.41) is 31.9. The monoisotopic (exact) mass is 477 g/mol. The molecule has 0 spiro atoms. The fraction of sp³-hybridized carbons (Fsp3) is 0.520. The first-order valence-electron chi connectivity index (χ1n) is 11.5. The van der Waals surface area contributed by atoms with Gasteiger partial charge in [-0.2, -0.15) is 13.2 Å². The Hall–Kier alpha value is -2.81. The SMILES string of the molecule is C[C@]12C[C@H](Oc3ccc([N+](=O)[O-])c(C(F)(F)F)c3)[C@@H]3c4ccc(O)cc4CC[C@H]3[C@@H]1CC[C@@H]2O. The van der Waals surface area contributed by atoms with Crippen LogP contribution in [0.25, 0.3) is 0 Å². The maximum atomic E-state index is 13.5. The van der Waals surface area contributed by atoms with Crippen LogP contribution in [-0.4, -0.2) is 27.3 Å². The van der Waals surface area contributed by atoms with Crippen LogP contribution in [0.4, 0.5) is 18.9 Å². The lowest BCUT2D eigenvalue weighted by Gasteiger charge is -2.53. The number of aliphatic hydroxyl groups excluding tert-OH is 1. The van der Waals surface area contributed by atoms with E-state index in [1.54, 1.807) is 12.1 Å². The van der Waals surface area contributed by atoms with E-state index in [1.165, 1.54) is 6.07 Å². The first-order valence-corrected chi connectivity index (χ1v) is 11.5. The first kappa shape index (κ1) is 23.0. The van der Waals surface area contributed by atoms with Gasteiger partial charge in [-0.15, -0.1) is 0 Å². The molecule has 2 aromatic carbocycles. The van der Waals surface area contributed by atoms with E-state index in [1.807, 2.05) is 13.0 Å². The number of ether oxygens (including phenoxy) is 1. The van der Waals surface area contributed by atoms with Crippen molar-refractivity contribution in [2.24, 2.45) is 17.3 Å². The molecule has 2 saturated carbocycles. The fourth-order valence-corrected chi connectivity index (χ4v) is 6.85. The van der Waals surface area contributed by atoms with E-state index in [0.717, 1.165) is 36.5 Å². The molecule has 0 aromatic heterocycles. The minimum absolute atomic E-state index is 0.0814. The second-order valence-electron chi connectivity index (χ2n) is 10.1. The van der Waals surface area contributed by atoms with Crippen molar-refractivity contribution in [3.8, 4) is 11.5 Å². The van der Waals surface area contributed by atoms with E-state index in [0.29, 0.717) is 18.9 Å². The minimum Gasteiger partial charge on any atom is -0.508 e. The van der Waals surface area contributed by atoms with E-state index in [9.17, 15) is 33.5 Å². The average Bonchev–Trinajstić information content (AvgIpc) is 3.06. The summed E-state index contributed by atoms with van der Waals surface area (Å²) in [5.41, 5.74) is -0.773. The largest absolute Gasteiger partial charge is 0.508 e. The minimum atomic E-state index is -4.90. The highest BCUT2D eigenvalue weighted by atomic mass is 19.4. The van der Waals surface area contributed by atoms with Crippen LogP contribution in [0, 0.1) is 27.4 Å². The average molecular weight is 477 g/mol. The number of aryl methyl sites for hydroxylation is 1. The van der Waals surface area contributed by atoms with Gasteiger partial charge in [0.25, 0.3) is 5.69 Å². The van der Waals surface area contributed by atoms with Gasteiger partial charge in [-0.25, -0.2) is 0 Å². The number of aromatic hydroxyl groups is 1. The van der Waals surface area contributed by atoms with Gasteiger partial charge in [-0.1, -0.05) is 13.0 Å². The van der Waals surface area contributed by atoms with Crippen LogP contribution < -0.4 is 4.74 Å². The van der Waals surface area contributed by atoms with Gasteiger partial charge >= 0.3 is 6.18 Å². The molecule has 0 aliphatic heterocycles. The van der Waals surface area contributed by atoms with Crippen molar-refractivity contribution in [1.82, 2.24) is 0 Å². The number of rotatable bonds is 3. The Bertz CT molecular complexity index is 1140. The number of hydrogen-bond donors (Lipinski definition) is 2. The van der Waals surface area contributed by atoms with Crippen LogP contribution in [0.2, 0.25) is 0 Å². The van der Waals surface area contributed by atoms with Crippen molar-refractivity contribution in [1.29, 1.82) is 0 Å². The van der Waals surface area contributed by atoms with E-state index in [-0.39, 0.29) is 29.3 Å². The molecule has 5 rings (SSSR count). The number of phenolic OH excluding ortho intramolecular Hbond substituents is 1. The Kier molecular flexibility index (Phi) is 5.31. The Morgan fingerprint density at radius 1 is 1.15 bits per heavy atom. The van der Waals surface area contributed by atoms with Crippen LogP contribution in [-0.2, 0) is 12.6 Å². The number of alkyl halides is 3. The number of nitro benzene ring substituents is 1. The molecule has 2 aromatic rings. The second-order valence-corrected chi connectivity index (χ2v) is 10.1. The highest BCUT2D eigenvalue weighted by Gasteiger charge is 2.58. The summed E-state index contributed by atoms with van der Waals surface area (Å²) in [6.07, 6.45) is -2.32. The summed E-state index contributed by atoms with van der Waals surface area (Å²) in [6.45, 7) is 2.03. The smallest absolute Gasteiger partial charge is 0.423 e. The van der Waals surface area contributed by atoms with E-state index in [2.05, 4.69) is 0 Å². The third-order valence-corrected chi connectivity index (χ3v) is 8.37. The molecule has 0 unspecified atom stereocenters. The maximum absolute atomic E-state index is 13.5. The Morgan fingerprint density at radius 2 is 1.91 bits per heavy atom. The van der Waals surface area contributed by atoms with Crippen molar-refractivity contribution in [3.05, 3.63) is 63.2 Å². The van der Waals surface area contributed by atoms with Gasteiger partial charge in [-0.3, -0.25) is 10.1 Å². The molecule has 3 aliphatic rings. The molecule has 6 atom stereocenters. The maximum Gasteiger partial charge on any atom is 0.423 e. The van der Waals surface area contributed by atoms with Gasteiger partial charge in [0.1, 0.15) is 23.2 Å². The second kappa shape index (κ2) is 7.86. The predicted octanol–water partition coefficient (Wildman–Crippen LogP) is 5.59. The molecule has 0 radical (unpaired) electrons. The summed E-state index contributed by atoms with van der Waals surface area (Å²) in [5.74, 6) is 0.408. The van der Waals surface area contributed by atoms with Gasteiger partial charge in [0.05, 0.1) is 11.0 Å². The summed E-state index contributed by atoms with van der Waals surface area (Å²) in [7, 11) is 0. The van der Waals surface area contributed by atoms with E-state index in [4.69, 9.17) is 4.74 Å². The van der Waals surface area contributed by atoms with Crippen LogP contribution in [0.3, 0.4) is 0 Å². The Morgan fingerprint density at radius 3 is 2.62 bits per heavy atom. The van der Waals surface area contributed by atoms with E-state index < -0.39 is 40.0 Å². The molecule has 0 bridgehead atoms. The molecule has 34 heavy (non-hydrogen) atoms. The molecule has 6 nitrogen and oxygen atoms in total. The number of nitro groups is 1. The molecule has 3 aliphatic carbocycles. The number of phenols is 1. The lowest BCUT2D eigenvalue weighted by atomic mass is 9.54. The zero-order valence-electron chi connectivity index (χ0n) is 18.6. The van der Waals surface area contributed by atoms with Crippen LogP contribution in [0.15, 0.2) is 36.4 Å². The fourth-order valence-electron chi connectivity index (χ4n) is 6.85. The normalized spacial score (nSPS) is 32.4. The number of benzene rings is 2. The Labute approximate surface area is 194 Å². The predicted molar refractivity (Wildman–Crippen MR) is 117 cm³/mol. The summed E-state index contributed by atoms with van der Waals surface area (Å²) in [4.78, 5) is 10.1. The van der Waals surface area contributed by atoms with Gasteiger partial charge < -0.3 is 14.9 Å². The van der Waals surface area contributed by atoms with Crippen molar-refractivity contribution >= 4 is 5.69 Å². The molecular formula is C25H26F3NO5. The van der Waals surface area contributed by atoms with Gasteiger partial charge in [-0.05, 0) is 79.3 Å². The number of fused-ring (bicyclic) bond motifs is 5. The van der Waals surface area contributed by atoms with Crippen molar-refractivity contribution in [3.63, 3.8) is 0 Å². The van der Waals surface area contributed by atoms with Gasteiger partial charge in [0.15, 0.2) is 0 Å². The van der Waals surface area contributed by atoms with Crippen molar-refractivity contribution < 1.29 is 33.0 Å². The number of halogens is 3. The highest BCUT2D eigenvalue weighted by Crippen LogP contribution is 2.61. The quantitative estimate of drug-likeness (QED) is 0.444. The van der Waals surface area contributed by atoms with Crippen LogP contribution >= 0.6 is 0 Å². The lowest BCUT2D eigenvalue weighted by molar-refractivity contribution is -0.388. The Balaban J connectivity index is 1.57. The number of aliphatic hydroxyl groups is 1. The standard InChI is InChI=1S/C25H26F3NO5/c1-24-12-21(34-15-4-8-20(29(32)33)19(11-15)25(26,27)28)23-16-6-3-14(30)10-13(16)2-5-17(23)18(24)7-9-22(24)31/h3-4,6,8,10-11,17-18,21-23,30-31H,2,5,7,9,12H2,1H3/t17-,18-,21-,22-,23+,24-/m0/s1. The van der Waals surface area contributed by atoms with Gasteiger partial charge in [0, 0.05) is 17.4 Å². The first-order chi connectivity index (χ1) is 16.0. The van der Waals surface area contributed by atoms with Crippen molar-refractivity contribution in [2.45, 2.75) is 63.3 Å². The van der Waals surface area contributed by atoms with Crippen LogP contribution in [0.5, 0.6) is 11.5 Å². The molecule has 0 saturated heterocycles. The molecule has 9 heteroatoms. The zero-order chi connectivity index (χ0) is 24.4. The topological polar surface area (TPSA) is 92.8 Å². The molecule has 2 N–H and O–H groups in total. The molecule has 2 fully saturated rings. The molecule has 182 valence electrons. The lowest BCUT2D eigenvalue weighted by Crippen LogP contribution is -2.51. The third-order valence-electron chi connectivity index (χ3n) is 8.37. The summed E-state index contributed by atoms with van der Waals surface area (Å²) >= 11 is 0. The van der Waals surface area contributed by atoms with E-state index >= 15 is 0 Å². The summed E-state index contributed by atoms with van der Waals surface area (Å²) in [6, 6.07) is 7.95. The van der Waals surface area contributed by atoms with Crippen LogP contribution in [0.1, 0.15) is 55.2 Å². The number of hydrogen-bond acceptors (Lipinski definition) is 5. The summed E-state index contributed by atoms with van der Waals surface area (Å²) < 4.78 is 46.8. The highest BCUT2D eigenvalue weighted by molar-refractivity contribution is 5.47. The zero-order valence-corrected chi connectivity index (χ0v) is 18.6.